The number of hydrogen-bond donors (Lipinski definition) is 4. The summed E-state index contributed by atoms with van der Waals surface area (Å²) in [6.07, 6.45) is 7.26. The van der Waals surface area contributed by atoms with E-state index in [0.717, 1.165) is 29.8 Å². The van der Waals surface area contributed by atoms with Crippen LogP contribution in [-0.4, -0.2) is 131 Å². The molecule has 1 saturated carbocycles. The molecular formula is C45H54N10O8. The van der Waals surface area contributed by atoms with Crippen molar-refractivity contribution in [3.05, 3.63) is 83.3 Å². The van der Waals surface area contributed by atoms with Crippen LogP contribution in [0.4, 0.5) is 22.1 Å². The average molecular weight is 863 g/mol. The molecule has 1 unspecified atom stereocenters. The predicted octanol–water partition coefficient (Wildman–Crippen LogP) is 3.36. The van der Waals surface area contributed by atoms with Crippen LogP contribution >= 0.6 is 0 Å². The number of amides is 7. The van der Waals surface area contributed by atoms with Gasteiger partial charge in [-0.2, -0.15) is 0 Å². The number of carbonyl (C=O) groups excluding carboxylic acids is 6. The van der Waals surface area contributed by atoms with Crippen molar-refractivity contribution >= 4 is 52.9 Å². The molecule has 3 aromatic rings. The summed E-state index contributed by atoms with van der Waals surface area (Å²) in [5.74, 6) is -0.622. The topological polar surface area (TPSA) is 222 Å². The lowest BCUT2D eigenvalue weighted by atomic mass is 9.81. The number of likely N-dealkylation sites (N-methyl/N-ethyl adjacent to an activating group) is 1. The lowest BCUT2D eigenvalue weighted by Crippen LogP contribution is -2.51. The molecule has 5 N–H and O–H groups in total. The lowest BCUT2D eigenvalue weighted by Gasteiger charge is -2.37. The van der Waals surface area contributed by atoms with Gasteiger partial charge in [0.05, 0.1) is 36.1 Å². The number of nitrogens with zero attached hydrogens (tertiary/aromatic N) is 6. The van der Waals surface area contributed by atoms with Crippen LogP contribution in [0.2, 0.25) is 0 Å². The molecular weight excluding hydrogens is 809 g/mol. The van der Waals surface area contributed by atoms with Gasteiger partial charge in [0, 0.05) is 63.7 Å². The van der Waals surface area contributed by atoms with Crippen LogP contribution in [0.15, 0.2) is 60.9 Å². The Morgan fingerprint density at radius 2 is 1.79 bits per heavy atom. The SMILES string of the molecule is C=C1CCC(N2C(=O)c3cccc(CCCO[C@H]4C[C@@H](C(=O)NCCCOc5ccc(Nc6nc(N7CCC[C@@H](N8CCN(C)C8=O)C7)cnc6C(N)=O)cc5)C4)c3C2=O)C(=O)N1. The van der Waals surface area contributed by atoms with E-state index in [4.69, 9.17) is 20.2 Å². The summed E-state index contributed by atoms with van der Waals surface area (Å²) in [5, 5.41) is 8.83. The number of allylic oxidation sites excluding steroid dienone is 1. The third-order valence-corrected chi connectivity index (χ3v) is 12.5. The molecule has 18 heteroatoms. The molecule has 4 fully saturated rings. The summed E-state index contributed by atoms with van der Waals surface area (Å²) in [6, 6.07) is 11.7. The highest BCUT2D eigenvalue weighted by molar-refractivity contribution is 6.23. The highest BCUT2D eigenvalue weighted by Crippen LogP contribution is 2.33. The summed E-state index contributed by atoms with van der Waals surface area (Å²) in [7, 11) is 1.81. The summed E-state index contributed by atoms with van der Waals surface area (Å²) >= 11 is 0. The number of aromatic nitrogens is 2. The molecule has 5 heterocycles. The molecule has 2 aromatic carbocycles. The molecule has 1 aliphatic carbocycles. The van der Waals surface area contributed by atoms with Gasteiger partial charge in [0.2, 0.25) is 11.8 Å². The second-order valence-electron chi connectivity index (χ2n) is 16.8. The number of benzene rings is 2. The van der Waals surface area contributed by atoms with E-state index in [1.807, 2.05) is 18.0 Å². The minimum absolute atomic E-state index is 0.00838. The Balaban J connectivity index is 0.722. The van der Waals surface area contributed by atoms with Crippen molar-refractivity contribution in [2.24, 2.45) is 11.7 Å². The van der Waals surface area contributed by atoms with Crippen LogP contribution in [0.5, 0.6) is 5.75 Å². The van der Waals surface area contributed by atoms with Gasteiger partial charge in [-0.1, -0.05) is 18.7 Å². The van der Waals surface area contributed by atoms with E-state index in [0.29, 0.717) is 118 Å². The van der Waals surface area contributed by atoms with Gasteiger partial charge in [-0.25, -0.2) is 14.8 Å². The van der Waals surface area contributed by atoms with Crippen molar-refractivity contribution in [1.82, 2.24) is 35.3 Å². The van der Waals surface area contributed by atoms with E-state index in [-0.39, 0.29) is 47.4 Å². The van der Waals surface area contributed by atoms with Crippen LogP contribution in [0.1, 0.15) is 88.1 Å². The normalized spacial score (nSPS) is 22.2. The number of fused-ring (bicyclic) bond motifs is 1. The van der Waals surface area contributed by atoms with Crippen molar-refractivity contribution in [3.8, 4) is 5.75 Å². The zero-order chi connectivity index (χ0) is 44.2. The van der Waals surface area contributed by atoms with Gasteiger partial charge in [0.15, 0.2) is 11.5 Å². The maximum Gasteiger partial charge on any atom is 0.320 e. The second kappa shape index (κ2) is 18.8. The largest absolute Gasteiger partial charge is 0.494 e. The smallest absolute Gasteiger partial charge is 0.320 e. The minimum atomic E-state index is -0.850. The standard InChI is InChI=1S/C45H54N10O8/c1-27-11-16-35(42(58)49-27)55-43(59)34-10-3-7-28(37(34)44(55)60)8-5-21-63-33-23-29(24-33)41(57)47-17-6-22-62-32-14-12-30(13-15-32)50-40-38(39(46)56)48-25-36(51-40)53-18-4-9-31(26-53)54-20-19-52(2)45(54)61/h3,7,10,12-15,25,29,31,33,35H,1,4-6,8-9,11,16-24,26H2,2H3,(H2,46,56)(H,47,57)(H,49,58)(H,50,51)/t29-,31-,33+,35?/m1/s1. The minimum Gasteiger partial charge on any atom is -0.494 e. The highest BCUT2D eigenvalue weighted by Gasteiger charge is 2.45. The molecule has 18 nitrogen and oxygen atoms in total. The molecule has 332 valence electrons. The highest BCUT2D eigenvalue weighted by atomic mass is 16.5. The fraction of sp³-hybridized carbons (Fsp3) is 0.467. The molecule has 4 aliphatic heterocycles. The van der Waals surface area contributed by atoms with Gasteiger partial charge in [-0.05, 0) is 93.7 Å². The molecule has 5 aliphatic rings. The molecule has 7 amide bonds. The summed E-state index contributed by atoms with van der Waals surface area (Å²) in [6.45, 7) is 7.88. The number of nitrogens with two attached hydrogens (primary N) is 1. The lowest BCUT2D eigenvalue weighted by molar-refractivity contribution is -0.134. The van der Waals surface area contributed by atoms with Crippen LogP contribution in [0.25, 0.3) is 0 Å². The van der Waals surface area contributed by atoms with Crippen LogP contribution in [0.3, 0.4) is 0 Å². The Kier molecular flexibility index (Phi) is 12.9. The van der Waals surface area contributed by atoms with Crippen LogP contribution in [-0.2, 0) is 20.7 Å². The van der Waals surface area contributed by atoms with Gasteiger partial charge in [0.25, 0.3) is 17.7 Å². The maximum atomic E-state index is 13.4. The number of aryl methyl sites for hydroxylation is 1. The summed E-state index contributed by atoms with van der Waals surface area (Å²) in [4.78, 5) is 92.7. The zero-order valence-electron chi connectivity index (χ0n) is 35.5. The van der Waals surface area contributed by atoms with E-state index in [2.05, 4.69) is 32.4 Å². The van der Waals surface area contributed by atoms with Crippen LogP contribution in [0, 0.1) is 5.92 Å². The average Bonchev–Trinajstić information content (AvgIpc) is 3.73. The van der Waals surface area contributed by atoms with Crippen molar-refractivity contribution in [2.45, 2.75) is 76.0 Å². The number of imide groups is 1. The van der Waals surface area contributed by atoms with Crippen molar-refractivity contribution in [3.63, 3.8) is 0 Å². The Morgan fingerprint density at radius 1 is 0.984 bits per heavy atom. The Labute approximate surface area is 365 Å². The fourth-order valence-corrected chi connectivity index (χ4v) is 8.91. The fourth-order valence-electron chi connectivity index (χ4n) is 8.91. The third kappa shape index (κ3) is 9.45. The molecule has 0 spiro atoms. The quantitative estimate of drug-likeness (QED) is 0.113. The molecule has 2 atom stereocenters. The molecule has 63 heavy (non-hydrogen) atoms. The molecule has 0 bridgehead atoms. The van der Waals surface area contributed by atoms with Gasteiger partial charge < -0.3 is 45.9 Å². The first-order valence-electron chi connectivity index (χ1n) is 21.8. The van der Waals surface area contributed by atoms with E-state index in [1.54, 1.807) is 47.5 Å². The first-order chi connectivity index (χ1) is 30.4. The van der Waals surface area contributed by atoms with Crippen molar-refractivity contribution in [1.29, 1.82) is 0 Å². The van der Waals surface area contributed by atoms with E-state index >= 15 is 0 Å². The molecule has 0 radical (unpaired) electrons. The number of primary amides is 1. The Morgan fingerprint density at radius 3 is 2.54 bits per heavy atom. The Hall–Kier alpha value is -6.56. The number of rotatable bonds is 17. The number of urea groups is 1. The molecule has 1 aromatic heterocycles. The number of carbonyl (C=O) groups is 6. The first kappa shape index (κ1) is 43.1. The summed E-state index contributed by atoms with van der Waals surface area (Å²) < 4.78 is 11.9. The number of nitrogens with one attached hydrogen (secondary N) is 3. The van der Waals surface area contributed by atoms with Crippen molar-refractivity contribution in [2.75, 3.05) is 63.2 Å². The van der Waals surface area contributed by atoms with E-state index < -0.39 is 23.8 Å². The summed E-state index contributed by atoms with van der Waals surface area (Å²) in [5.41, 5.74) is 8.35. The van der Waals surface area contributed by atoms with Gasteiger partial charge in [0.1, 0.15) is 17.6 Å². The van der Waals surface area contributed by atoms with Gasteiger partial charge in [-0.15, -0.1) is 0 Å². The second-order valence-corrected chi connectivity index (χ2v) is 16.8. The van der Waals surface area contributed by atoms with E-state index in [1.165, 1.54) is 0 Å². The van der Waals surface area contributed by atoms with Crippen molar-refractivity contribution < 1.29 is 38.2 Å². The predicted molar refractivity (Wildman–Crippen MR) is 231 cm³/mol. The maximum absolute atomic E-state index is 13.4. The van der Waals surface area contributed by atoms with Crippen LogP contribution < -0.4 is 31.3 Å². The third-order valence-electron chi connectivity index (χ3n) is 12.5. The van der Waals surface area contributed by atoms with Gasteiger partial charge >= 0.3 is 6.03 Å². The van der Waals surface area contributed by atoms with E-state index in [9.17, 15) is 28.8 Å². The number of anilines is 3. The Bertz CT molecular complexity index is 2280. The number of ether oxygens (including phenoxy) is 2. The molecule has 3 saturated heterocycles. The van der Waals surface area contributed by atoms with Gasteiger partial charge in [-0.3, -0.25) is 28.9 Å². The number of hydrogen-bond acceptors (Lipinski definition) is 12. The number of piperidine rings is 2. The zero-order valence-corrected chi connectivity index (χ0v) is 35.5. The molecule has 8 rings (SSSR count). The monoisotopic (exact) mass is 862 g/mol. The first-order valence-corrected chi connectivity index (χ1v) is 21.8.